The Morgan fingerprint density at radius 3 is 2.36 bits per heavy atom. The van der Waals surface area contributed by atoms with Crippen LogP contribution in [-0.2, 0) is 14.8 Å². The molecule has 0 saturated heterocycles. The van der Waals surface area contributed by atoms with Crippen molar-refractivity contribution >= 4 is 21.6 Å². The van der Waals surface area contributed by atoms with Gasteiger partial charge in [-0.05, 0) is 60.7 Å². The van der Waals surface area contributed by atoms with Gasteiger partial charge in [-0.15, -0.1) is 0 Å². The second-order valence-electron chi connectivity index (χ2n) is 8.12. The number of hydrogen-bond donors (Lipinski definition) is 1. The molecule has 33 heavy (non-hydrogen) atoms. The first kappa shape index (κ1) is 26.7. The number of amides is 1. The second kappa shape index (κ2) is 12.0. The van der Waals surface area contributed by atoms with Crippen molar-refractivity contribution in [2.24, 2.45) is 0 Å². The minimum absolute atomic E-state index is 0.117. The average Bonchev–Trinajstić information content (AvgIpc) is 2.77. The third kappa shape index (κ3) is 6.95. The number of benzene rings is 2. The maximum absolute atomic E-state index is 12.8. The van der Waals surface area contributed by atoms with Gasteiger partial charge in [0.2, 0.25) is 15.9 Å². The third-order valence-electron chi connectivity index (χ3n) is 5.47. The van der Waals surface area contributed by atoms with Crippen LogP contribution in [0.15, 0.2) is 41.3 Å². The molecular formula is C25H36N2O5S. The number of anilines is 1. The minimum atomic E-state index is -3.64. The van der Waals surface area contributed by atoms with E-state index in [2.05, 4.69) is 32.2 Å². The van der Waals surface area contributed by atoms with E-state index in [-0.39, 0.29) is 17.2 Å². The number of ether oxygens (including phenoxy) is 2. The summed E-state index contributed by atoms with van der Waals surface area (Å²) in [4.78, 5) is 12.6. The van der Waals surface area contributed by atoms with Crippen LogP contribution in [0.3, 0.4) is 0 Å². The zero-order valence-corrected chi connectivity index (χ0v) is 21.3. The lowest BCUT2D eigenvalue weighted by atomic mass is 9.98. The lowest BCUT2D eigenvalue weighted by Gasteiger charge is -2.19. The fourth-order valence-corrected chi connectivity index (χ4v) is 5.16. The van der Waals surface area contributed by atoms with Gasteiger partial charge in [0, 0.05) is 19.5 Å². The van der Waals surface area contributed by atoms with Crippen molar-refractivity contribution < 1.29 is 22.7 Å². The highest BCUT2D eigenvalue weighted by Gasteiger charge is 2.23. The van der Waals surface area contributed by atoms with Gasteiger partial charge >= 0.3 is 0 Å². The molecule has 182 valence electrons. The maximum atomic E-state index is 12.8. The number of carbonyl (C=O) groups is 1. The zero-order chi connectivity index (χ0) is 24.6. The van der Waals surface area contributed by atoms with Crippen molar-refractivity contribution in [3.05, 3.63) is 47.5 Å². The number of rotatable bonds is 12. The van der Waals surface area contributed by atoms with Crippen molar-refractivity contribution in [2.75, 3.05) is 32.1 Å². The summed E-state index contributed by atoms with van der Waals surface area (Å²) in [6.45, 7) is 11.1. The fraction of sp³-hybridized carbons (Fsp3) is 0.480. The van der Waals surface area contributed by atoms with Gasteiger partial charge in [0.25, 0.3) is 0 Å². The second-order valence-corrected chi connectivity index (χ2v) is 10.1. The first-order valence-electron chi connectivity index (χ1n) is 11.3. The third-order valence-corrected chi connectivity index (χ3v) is 7.51. The van der Waals surface area contributed by atoms with Gasteiger partial charge in [-0.1, -0.05) is 33.8 Å². The average molecular weight is 477 g/mol. The van der Waals surface area contributed by atoms with Crippen molar-refractivity contribution in [3.8, 4) is 11.5 Å². The molecule has 0 aromatic heterocycles. The summed E-state index contributed by atoms with van der Waals surface area (Å²) in [6, 6.07) is 10.5. The van der Waals surface area contributed by atoms with Crippen molar-refractivity contribution in [3.63, 3.8) is 0 Å². The molecule has 0 aliphatic carbocycles. The summed E-state index contributed by atoms with van der Waals surface area (Å²) in [5.41, 5.74) is 2.81. The summed E-state index contributed by atoms with van der Waals surface area (Å²) in [5, 5.41) is 2.77. The molecule has 0 aliphatic rings. The highest BCUT2D eigenvalue weighted by molar-refractivity contribution is 7.89. The zero-order valence-electron chi connectivity index (χ0n) is 20.5. The molecule has 1 N–H and O–H groups in total. The van der Waals surface area contributed by atoms with E-state index in [0.29, 0.717) is 43.5 Å². The number of sulfonamides is 1. The molecule has 0 radical (unpaired) electrons. The summed E-state index contributed by atoms with van der Waals surface area (Å²) in [6.07, 6.45) is 0.760. The van der Waals surface area contributed by atoms with Crippen LogP contribution in [0.4, 0.5) is 5.69 Å². The van der Waals surface area contributed by atoms with Gasteiger partial charge in [-0.2, -0.15) is 4.31 Å². The van der Waals surface area contributed by atoms with Crippen molar-refractivity contribution in [1.82, 2.24) is 4.31 Å². The van der Waals surface area contributed by atoms with Crippen LogP contribution in [-0.4, -0.2) is 45.4 Å². The summed E-state index contributed by atoms with van der Waals surface area (Å²) >= 11 is 0. The Morgan fingerprint density at radius 1 is 1.09 bits per heavy atom. The number of hydrogen-bond acceptors (Lipinski definition) is 5. The van der Waals surface area contributed by atoms with E-state index in [4.69, 9.17) is 9.47 Å². The SMILES string of the molecule is CCN(CC)S(=O)(=O)c1ccc(OC)c(NC(=O)CCCOc2ccc(C(C)C)c(C)c2)c1. The van der Waals surface area contributed by atoms with E-state index in [1.165, 1.54) is 34.7 Å². The van der Waals surface area contributed by atoms with Crippen LogP contribution in [0.25, 0.3) is 0 Å². The summed E-state index contributed by atoms with van der Waals surface area (Å²) in [7, 11) is -2.17. The van der Waals surface area contributed by atoms with Gasteiger partial charge in [-0.25, -0.2) is 8.42 Å². The van der Waals surface area contributed by atoms with Crippen LogP contribution in [0.2, 0.25) is 0 Å². The van der Waals surface area contributed by atoms with Gasteiger partial charge in [0.15, 0.2) is 0 Å². The summed E-state index contributed by atoms with van der Waals surface area (Å²) < 4.78 is 38.1. The Kier molecular flexibility index (Phi) is 9.73. The van der Waals surface area contributed by atoms with E-state index in [9.17, 15) is 13.2 Å². The van der Waals surface area contributed by atoms with E-state index in [1.807, 2.05) is 12.1 Å². The maximum Gasteiger partial charge on any atom is 0.243 e. The molecule has 0 spiro atoms. The van der Waals surface area contributed by atoms with Gasteiger partial charge in [0.1, 0.15) is 11.5 Å². The molecule has 0 atom stereocenters. The molecule has 1 amide bonds. The molecule has 2 rings (SSSR count). The highest BCUT2D eigenvalue weighted by atomic mass is 32.2. The smallest absolute Gasteiger partial charge is 0.243 e. The predicted molar refractivity (Wildman–Crippen MR) is 132 cm³/mol. The van der Waals surface area contributed by atoms with Crippen LogP contribution in [0.1, 0.15) is 57.6 Å². The molecule has 2 aromatic carbocycles. The lowest BCUT2D eigenvalue weighted by molar-refractivity contribution is -0.116. The molecular weight excluding hydrogens is 440 g/mol. The quantitative estimate of drug-likeness (QED) is 0.438. The Labute approximate surface area is 198 Å². The molecule has 0 unspecified atom stereocenters. The molecule has 0 heterocycles. The van der Waals surface area contributed by atoms with Gasteiger partial charge in [-0.3, -0.25) is 4.79 Å². The van der Waals surface area contributed by atoms with E-state index < -0.39 is 10.0 Å². The number of nitrogens with one attached hydrogen (secondary N) is 1. The van der Waals surface area contributed by atoms with Crippen molar-refractivity contribution in [2.45, 2.75) is 58.3 Å². The predicted octanol–water partition coefficient (Wildman–Crippen LogP) is 4.96. The normalized spacial score (nSPS) is 11.6. The molecule has 0 saturated carbocycles. The van der Waals surface area contributed by atoms with Gasteiger partial charge in [0.05, 0.1) is 24.3 Å². The monoisotopic (exact) mass is 476 g/mol. The van der Waals surface area contributed by atoms with E-state index in [0.717, 1.165) is 5.75 Å². The summed E-state index contributed by atoms with van der Waals surface area (Å²) in [5.74, 6) is 1.41. The fourth-order valence-electron chi connectivity index (χ4n) is 3.68. The molecule has 0 fully saturated rings. The number of carbonyl (C=O) groups excluding carboxylic acids is 1. The Hall–Kier alpha value is -2.58. The number of methoxy groups -OCH3 is 1. The van der Waals surface area contributed by atoms with E-state index >= 15 is 0 Å². The molecule has 0 bridgehead atoms. The molecule has 8 heteroatoms. The molecule has 0 aliphatic heterocycles. The Bertz CT molecular complexity index is 1050. The standard InChI is InChI=1S/C25H36N2O5S/c1-7-27(8-2)33(29,30)21-12-14-24(31-6)23(17-21)26-25(28)10-9-15-32-20-11-13-22(18(3)4)19(5)16-20/h11-14,16-18H,7-10,15H2,1-6H3,(H,26,28). The van der Waals surface area contributed by atoms with Crippen LogP contribution < -0.4 is 14.8 Å². The first-order chi connectivity index (χ1) is 15.6. The topological polar surface area (TPSA) is 84.9 Å². The van der Waals surface area contributed by atoms with Crippen LogP contribution >= 0.6 is 0 Å². The van der Waals surface area contributed by atoms with Crippen molar-refractivity contribution in [1.29, 1.82) is 0 Å². The first-order valence-corrected chi connectivity index (χ1v) is 12.8. The van der Waals surface area contributed by atoms with E-state index in [1.54, 1.807) is 19.9 Å². The minimum Gasteiger partial charge on any atom is -0.495 e. The highest BCUT2D eigenvalue weighted by Crippen LogP contribution is 2.29. The van der Waals surface area contributed by atoms with Crippen LogP contribution in [0, 0.1) is 6.92 Å². The molecule has 7 nitrogen and oxygen atoms in total. The Balaban J connectivity index is 1.98. The Morgan fingerprint density at radius 2 is 1.79 bits per heavy atom. The lowest BCUT2D eigenvalue weighted by Crippen LogP contribution is -2.30. The van der Waals surface area contributed by atoms with Crippen LogP contribution in [0.5, 0.6) is 11.5 Å². The molecule has 2 aromatic rings. The number of nitrogens with zero attached hydrogens (tertiary/aromatic N) is 1. The number of aryl methyl sites for hydroxylation is 1. The largest absolute Gasteiger partial charge is 0.495 e. The van der Waals surface area contributed by atoms with Gasteiger partial charge < -0.3 is 14.8 Å².